The van der Waals surface area contributed by atoms with Crippen molar-refractivity contribution < 1.29 is 28.5 Å². The molecule has 0 aromatic heterocycles. The molecular formula is C29H49N3O6. The Kier molecular flexibility index (Phi) is 9.12. The second-order valence-corrected chi connectivity index (χ2v) is 12.5. The SMILES string of the molecule is CO[C@H]1C([C@]2(C)O[C@@H]2CC=C(C)C)[C@]2(CC[C@H]1OC(=O)N[C@@H](C(=O)NCCC1CCCN1C)C(C)C)CO2. The van der Waals surface area contributed by atoms with E-state index < -0.39 is 23.8 Å². The Morgan fingerprint density at radius 1 is 1.24 bits per heavy atom. The molecule has 8 atom stereocenters. The lowest BCUT2D eigenvalue weighted by Gasteiger charge is -2.42. The van der Waals surface area contributed by atoms with Gasteiger partial charge in [0.2, 0.25) is 5.91 Å². The van der Waals surface area contributed by atoms with E-state index in [0.29, 0.717) is 25.6 Å². The summed E-state index contributed by atoms with van der Waals surface area (Å²) >= 11 is 0. The number of alkyl carbamates (subject to hydrolysis) is 1. The van der Waals surface area contributed by atoms with E-state index in [1.165, 1.54) is 18.4 Å². The normalized spacial score (nSPS) is 37.1. The molecule has 3 saturated heterocycles. The van der Waals surface area contributed by atoms with Crippen molar-refractivity contribution in [2.24, 2.45) is 11.8 Å². The summed E-state index contributed by atoms with van der Waals surface area (Å²) in [5.74, 6) is -0.291. The molecular weight excluding hydrogens is 486 g/mol. The minimum atomic E-state index is -0.667. The molecule has 0 bridgehead atoms. The molecule has 38 heavy (non-hydrogen) atoms. The topological polar surface area (TPSA) is 105 Å². The number of amides is 2. The van der Waals surface area contributed by atoms with Gasteiger partial charge >= 0.3 is 6.09 Å². The molecule has 1 saturated carbocycles. The molecule has 216 valence electrons. The van der Waals surface area contributed by atoms with Gasteiger partial charge in [-0.3, -0.25) is 4.79 Å². The standard InChI is InChI=1S/C29H49N3O6/c1-18(2)10-11-22-28(5,38-22)25-24(35-7)21(12-14-29(25)17-36-29)37-27(34)31-23(19(3)4)26(33)30-15-13-20-9-8-16-32(20)6/h10,19-25H,8-9,11-17H2,1-7H3,(H,30,33)(H,31,34)/t20?,21-,22-,23-,24-,25?,28-,29+/m1/s1. The number of hydrogen-bond donors (Lipinski definition) is 2. The van der Waals surface area contributed by atoms with Gasteiger partial charge in [-0.15, -0.1) is 0 Å². The largest absolute Gasteiger partial charge is 0.443 e. The van der Waals surface area contributed by atoms with Gasteiger partial charge in [0.1, 0.15) is 29.5 Å². The van der Waals surface area contributed by atoms with Crippen LogP contribution in [-0.2, 0) is 23.7 Å². The number of carbonyl (C=O) groups excluding carboxylic acids is 2. The van der Waals surface area contributed by atoms with Crippen LogP contribution in [0.5, 0.6) is 0 Å². The van der Waals surface area contributed by atoms with Crippen LogP contribution >= 0.6 is 0 Å². The first-order chi connectivity index (χ1) is 18.0. The summed E-state index contributed by atoms with van der Waals surface area (Å²) in [7, 11) is 3.80. The van der Waals surface area contributed by atoms with Crippen molar-refractivity contribution in [1.82, 2.24) is 15.5 Å². The zero-order chi connectivity index (χ0) is 27.7. The fourth-order valence-corrected chi connectivity index (χ4v) is 6.72. The first-order valence-corrected chi connectivity index (χ1v) is 14.4. The molecule has 4 fully saturated rings. The number of ether oxygens (including phenoxy) is 4. The lowest BCUT2D eigenvalue weighted by Crippen LogP contribution is -2.57. The van der Waals surface area contributed by atoms with E-state index in [1.54, 1.807) is 7.11 Å². The van der Waals surface area contributed by atoms with Crippen LogP contribution in [0.15, 0.2) is 11.6 Å². The van der Waals surface area contributed by atoms with Gasteiger partial charge in [0.25, 0.3) is 0 Å². The fourth-order valence-electron chi connectivity index (χ4n) is 6.72. The number of likely N-dealkylation sites (tertiary alicyclic amines) is 1. The number of epoxide rings is 2. The van der Waals surface area contributed by atoms with Crippen molar-refractivity contribution in [2.45, 2.75) is 115 Å². The second kappa shape index (κ2) is 11.8. The summed E-state index contributed by atoms with van der Waals surface area (Å²) in [6.45, 7) is 12.5. The Morgan fingerprint density at radius 2 is 1.97 bits per heavy atom. The highest BCUT2D eigenvalue weighted by molar-refractivity contribution is 5.85. The smallest absolute Gasteiger partial charge is 0.408 e. The Morgan fingerprint density at radius 3 is 2.55 bits per heavy atom. The molecule has 3 aliphatic heterocycles. The van der Waals surface area contributed by atoms with E-state index in [9.17, 15) is 9.59 Å². The average Bonchev–Trinajstić information content (AvgIpc) is 3.73. The molecule has 1 spiro atoms. The van der Waals surface area contributed by atoms with Crippen molar-refractivity contribution in [2.75, 3.05) is 33.9 Å². The molecule has 3 heterocycles. The predicted octanol–water partition coefficient (Wildman–Crippen LogP) is 3.41. The van der Waals surface area contributed by atoms with Crippen LogP contribution in [0.4, 0.5) is 4.79 Å². The van der Waals surface area contributed by atoms with Crippen molar-refractivity contribution >= 4 is 12.0 Å². The van der Waals surface area contributed by atoms with Crippen molar-refractivity contribution in [3.8, 4) is 0 Å². The zero-order valence-corrected chi connectivity index (χ0v) is 24.4. The number of hydrogen-bond acceptors (Lipinski definition) is 7. The van der Waals surface area contributed by atoms with Crippen molar-refractivity contribution in [3.63, 3.8) is 0 Å². The van der Waals surface area contributed by atoms with Crippen LogP contribution in [0, 0.1) is 11.8 Å². The molecule has 0 radical (unpaired) electrons. The third-order valence-corrected chi connectivity index (χ3v) is 9.17. The Bertz CT molecular complexity index is 886. The first-order valence-electron chi connectivity index (χ1n) is 14.4. The number of methoxy groups -OCH3 is 1. The maximum Gasteiger partial charge on any atom is 0.408 e. The summed E-state index contributed by atoms with van der Waals surface area (Å²) in [5, 5.41) is 5.85. The van der Waals surface area contributed by atoms with Gasteiger partial charge in [-0.1, -0.05) is 25.5 Å². The van der Waals surface area contributed by atoms with Crippen LogP contribution in [0.2, 0.25) is 0 Å². The third-order valence-electron chi connectivity index (χ3n) is 9.17. The van der Waals surface area contributed by atoms with Crippen LogP contribution in [0.3, 0.4) is 0 Å². The van der Waals surface area contributed by atoms with E-state index in [1.807, 2.05) is 13.8 Å². The van der Waals surface area contributed by atoms with Crippen LogP contribution in [-0.4, -0.2) is 92.4 Å². The third kappa shape index (κ3) is 6.37. The molecule has 4 rings (SSSR count). The summed E-state index contributed by atoms with van der Waals surface area (Å²) in [6.07, 6.45) is 6.46. The molecule has 9 nitrogen and oxygen atoms in total. The fraction of sp³-hybridized carbons (Fsp3) is 0.862. The molecule has 0 aromatic carbocycles. The van der Waals surface area contributed by atoms with Gasteiger partial charge in [-0.2, -0.15) is 0 Å². The molecule has 9 heteroatoms. The molecule has 2 unspecified atom stereocenters. The number of allylic oxidation sites excluding steroid dienone is 1. The summed E-state index contributed by atoms with van der Waals surface area (Å²) in [5.41, 5.74) is 0.592. The molecule has 0 aromatic rings. The first kappa shape index (κ1) is 29.3. The highest BCUT2D eigenvalue weighted by atomic mass is 16.6. The van der Waals surface area contributed by atoms with Gasteiger partial charge < -0.3 is 34.5 Å². The zero-order valence-electron chi connectivity index (χ0n) is 24.4. The number of rotatable bonds is 11. The van der Waals surface area contributed by atoms with E-state index >= 15 is 0 Å². The monoisotopic (exact) mass is 535 g/mol. The summed E-state index contributed by atoms with van der Waals surface area (Å²) in [4.78, 5) is 28.4. The van der Waals surface area contributed by atoms with Gasteiger partial charge in [-0.25, -0.2) is 4.79 Å². The Balaban J connectivity index is 1.34. The maximum absolute atomic E-state index is 13.1. The summed E-state index contributed by atoms with van der Waals surface area (Å²) in [6, 6.07) is -0.159. The lowest BCUT2D eigenvalue weighted by molar-refractivity contribution is -0.125. The van der Waals surface area contributed by atoms with Gasteiger partial charge in [0.15, 0.2) is 0 Å². The Labute approximate surface area is 228 Å². The molecule has 1 aliphatic carbocycles. The average molecular weight is 536 g/mol. The molecule has 2 amide bonds. The van der Waals surface area contributed by atoms with Crippen molar-refractivity contribution in [3.05, 3.63) is 11.6 Å². The summed E-state index contributed by atoms with van der Waals surface area (Å²) < 4.78 is 24.2. The van der Waals surface area contributed by atoms with Crippen LogP contribution in [0.25, 0.3) is 0 Å². The quantitative estimate of drug-likeness (QED) is 0.309. The minimum absolute atomic E-state index is 0.0416. The van der Waals surface area contributed by atoms with Gasteiger partial charge in [-0.05, 0) is 78.8 Å². The maximum atomic E-state index is 13.1. The molecule has 2 N–H and O–H groups in total. The highest BCUT2D eigenvalue weighted by Crippen LogP contribution is 2.59. The van der Waals surface area contributed by atoms with E-state index in [4.69, 9.17) is 18.9 Å². The van der Waals surface area contributed by atoms with Gasteiger partial charge in [0, 0.05) is 19.7 Å². The number of nitrogens with one attached hydrogen (secondary N) is 2. The van der Waals surface area contributed by atoms with Crippen LogP contribution < -0.4 is 10.6 Å². The van der Waals surface area contributed by atoms with E-state index in [-0.39, 0.29) is 35.6 Å². The molecule has 4 aliphatic rings. The van der Waals surface area contributed by atoms with E-state index in [0.717, 1.165) is 25.8 Å². The predicted molar refractivity (Wildman–Crippen MR) is 145 cm³/mol. The van der Waals surface area contributed by atoms with Gasteiger partial charge in [0.05, 0.1) is 18.6 Å². The Hall–Kier alpha value is -1.68. The second-order valence-electron chi connectivity index (χ2n) is 12.5. The van der Waals surface area contributed by atoms with Crippen molar-refractivity contribution in [1.29, 1.82) is 0 Å². The van der Waals surface area contributed by atoms with E-state index in [2.05, 4.69) is 49.4 Å². The highest BCUT2D eigenvalue weighted by Gasteiger charge is 2.72. The number of carbonyl (C=O) groups is 2. The number of nitrogens with zero attached hydrogens (tertiary/aromatic N) is 1. The van der Waals surface area contributed by atoms with Crippen LogP contribution in [0.1, 0.15) is 73.1 Å². The lowest BCUT2D eigenvalue weighted by atomic mass is 9.68. The minimum Gasteiger partial charge on any atom is -0.443 e.